The van der Waals surface area contributed by atoms with Crippen molar-refractivity contribution in [1.82, 2.24) is 19.3 Å². The van der Waals surface area contributed by atoms with Gasteiger partial charge in [-0.3, -0.25) is 0 Å². The van der Waals surface area contributed by atoms with E-state index in [1.807, 2.05) is 24.8 Å². The van der Waals surface area contributed by atoms with Crippen molar-refractivity contribution in [3.05, 3.63) is 35.2 Å². The van der Waals surface area contributed by atoms with Gasteiger partial charge in [0, 0.05) is 50.7 Å². The number of hydrogen-bond acceptors (Lipinski definition) is 7. The van der Waals surface area contributed by atoms with Crippen LogP contribution in [0.15, 0.2) is 29.3 Å². The van der Waals surface area contributed by atoms with E-state index in [1.165, 1.54) is 22.6 Å². The maximum absolute atomic E-state index is 12.7. The lowest BCUT2D eigenvalue weighted by Gasteiger charge is -2.34. The number of pyridine rings is 1. The van der Waals surface area contributed by atoms with Gasteiger partial charge in [-0.05, 0) is 26.0 Å². The summed E-state index contributed by atoms with van der Waals surface area (Å²) >= 11 is 5.74. The minimum absolute atomic E-state index is 0.150. The lowest BCUT2D eigenvalue weighted by atomic mass is 10.3. The molecule has 0 radical (unpaired) electrons. The van der Waals surface area contributed by atoms with E-state index in [0.717, 1.165) is 18.1 Å². The molecule has 0 saturated carbocycles. The molecule has 0 unspecified atom stereocenters. The van der Waals surface area contributed by atoms with Crippen LogP contribution in [0, 0.1) is 6.92 Å². The van der Waals surface area contributed by atoms with Crippen molar-refractivity contribution in [2.24, 2.45) is 0 Å². The molecule has 2 aromatic rings. The van der Waals surface area contributed by atoms with Crippen molar-refractivity contribution in [3.63, 3.8) is 0 Å². The SMILES string of the molecule is CCNc1cc(C)nc(N2CCN(S(=O)(=O)c3ccc(Cl)nc3)CC2)n1. The van der Waals surface area contributed by atoms with Crippen LogP contribution in [-0.2, 0) is 10.0 Å². The van der Waals surface area contributed by atoms with Crippen LogP contribution in [-0.4, -0.2) is 60.4 Å². The molecule has 1 saturated heterocycles. The van der Waals surface area contributed by atoms with Gasteiger partial charge in [0.25, 0.3) is 0 Å². The number of sulfonamides is 1. The Bertz CT molecular complexity index is 867. The Balaban J connectivity index is 1.72. The van der Waals surface area contributed by atoms with Crippen molar-refractivity contribution in [2.75, 3.05) is 42.9 Å². The topological polar surface area (TPSA) is 91.3 Å². The van der Waals surface area contributed by atoms with E-state index in [9.17, 15) is 8.42 Å². The monoisotopic (exact) mass is 396 g/mol. The number of nitrogens with zero attached hydrogens (tertiary/aromatic N) is 5. The molecule has 2 aromatic heterocycles. The first-order valence-corrected chi connectivity index (χ1v) is 10.2. The predicted molar refractivity (Wildman–Crippen MR) is 101 cm³/mol. The van der Waals surface area contributed by atoms with E-state index in [2.05, 4.69) is 20.3 Å². The molecule has 0 bridgehead atoms. The summed E-state index contributed by atoms with van der Waals surface area (Å²) in [5.41, 5.74) is 0.869. The number of anilines is 2. The van der Waals surface area contributed by atoms with Gasteiger partial charge in [-0.1, -0.05) is 11.6 Å². The first-order valence-electron chi connectivity index (χ1n) is 8.36. The van der Waals surface area contributed by atoms with Crippen molar-refractivity contribution < 1.29 is 8.42 Å². The Morgan fingerprint density at radius 2 is 1.92 bits per heavy atom. The van der Waals surface area contributed by atoms with Crippen molar-refractivity contribution >= 4 is 33.4 Å². The molecule has 140 valence electrons. The van der Waals surface area contributed by atoms with Gasteiger partial charge in [-0.15, -0.1) is 0 Å². The van der Waals surface area contributed by atoms with Crippen LogP contribution in [0.2, 0.25) is 5.15 Å². The lowest BCUT2D eigenvalue weighted by molar-refractivity contribution is 0.382. The molecule has 0 aliphatic carbocycles. The minimum atomic E-state index is -3.58. The molecular formula is C16H21ClN6O2S. The molecule has 1 aliphatic rings. The molecule has 0 atom stereocenters. The zero-order valence-electron chi connectivity index (χ0n) is 14.7. The quantitative estimate of drug-likeness (QED) is 0.770. The summed E-state index contributed by atoms with van der Waals surface area (Å²) in [5.74, 6) is 1.39. The van der Waals surface area contributed by atoms with E-state index in [1.54, 1.807) is 0 Å². The van der Waals surface area contributed by atoms with Gasteiger partial charge >= 0.3 is 0 Å². The van der Waals surface area contributed by atoms with Gasteiger partial charge in [0.2, 0.25) is 16.0 Å². The highest BCUT2D eigenvalue weighted by Gasteiger charge is 2.29. The van der Waals surface area contributed by atoms with Crippen LogP contribution >= 0.6 is 11.6 Å². The number of rotatable bonds is 5. The second-order valence-electron chi connectivity index (χ2n) is 5.93. The van der Waals surface area contributed by atoms with Crippen LogP contribution in [0.25, 0.3) is 0 Å². The number of aryl methyl sites for hydroxylation is 1. The van der Waals surface area contributed by atoms with Crippen molar-refractivity contribution in [3.8, 4) is 0 Å². The fourth-order valence-electron chi connectivity index (χ4n) is 2.76. The predicted octanol–water partition coefficient (Wildman–Crippen LogP) is 1.78. The summed E-state index contributed by atoms with van der Waals surface area (Å²) in [6, 6.07) is 4.85. The van der Waals surface area contributed by atoms with Gasteiger partial charge in [-0.2, -0.15) is 9.29 Å². The Morgan fingerprint density at radius 3 is 2.54 bits per heavy atom. The third-order valence-corrected chi connectivity index (χ3v) is 6.17. The first kappa shape index (κ1) is 18.8. The number of halogens is 1. The molecular weight excluding hydrogens is 376 g/mol. The third kappa shape index (κ3) is 4.05. The largest absolute Gasteiger partial charge is 0.370 e. The van der Waals surface area contributed by atoms with E-state index < -0.39 is 10.0 Å². The standard InChI is InChI=1S/C16H21ClN6O2S/c1-3-18-15-10-12(2)20-16(21-15)22-6-8-23(9-7-22)26(24,25)13-4-5-14(17)19-11-13/h4-5,10-11H,3,6-9H2,1-2H3,(H,18,20,21). The number of piperazine rings is 1. The Kier molecular flexibility index (Phi) is 5.59. The molecule has 3 heterocycles. The van der Waals surface area contributed by atoms with Gasteiger partial charge in [-0.25, -0.2) is 18.4 Å². The maximum atomic E-state index is 12.7. The van der Waals surface area contributed by atoms with Gasteiger partial charge in [0.05, 0.1) is 0 Å². The second kappa shape index (κ2) is 7.73. The molecule has 0 spiro atoms. The van der Waals surface area contributed by atoms with E-state index >= 15 is 0 Å². The highest BCUT2D eigenvalue weighted by atomic mass is 35.5. The van der Waals surface area contributed by atoms with Gasteiger partial charge in [0.1, 0.15) is 15.9 Å². The van der Waals surface area contributed by atoms with Gasteiger partial charge < -0.3 is 10.2 Å². The molecule has 0 amide bonds. The minimum Gasteiger partial charge on any atom is -0.370 e. The highest BCUT2D eigenvalue weighted by molar-refractivity contribution is 7.89. The van der Waals surface area contributed by atoms with Crippen molar-refractivity contribution in [2.45, 2.75) is 18.7 Å². The van der Waals surface area contributed by atoms with Crippen LogP contribution < -0.4 is 10.2 Å². The average molecular weight is 397 g/mol. The Hall–Kier alpha value is -1.97. The summed E-state index contributed by atoms with van der Waals surface area (Å²) in [6.45, 7) is 6.46. The summed E-state index contributed by atoms with van der Waals surface area (Å²) < 4.78 is 26.9. The molecule has 10 heteroatoms. The average Bonchev–Trinajstić information content (AvgIpc) is 2.62. The lowest BCUT2D eigenvalue weighted by Crippen LogP contribution is -2.49. The smallest absolute Gasteiger partial charge is 0.244 e. The second-order valence-corrected chi connectivity index (χ2v) is 8.26. The molecule has 1 fully saturated rings. The summed E-state index contributed by atoms with van der Waals surface area (Å²) in [6.07, 6.45) is 1.29. The van der Waals surface area contributed by atoms with Crippen LogP contribution in [0.5, 0.6) is 0 Å². The molecule has 26 heavy (non-hydrogen) atoms. The number of aromatic nitrogens is 3. The zero-order chi connectivity index (χ0) is 18.7. The fourth-order valence-corrected chi connectivity index (χ4v) is 4.24. The van der Waals surface area contributed by atoms with Crippen LogP contribution in [0.4, 0.5) is 11.8 Å². The Morgan fingerprint density at radius 1 is 1.19 bits per heavy atom. The first-order chi connectivity index (χ1) is 12.4. The number of nitrogens with one attached hydrogen (secondary N) is 1. The zero-order valence-corrected chi connectivity index (χ0v) is 16.3. The maximum Gasteiger partial charge on any atom is 0.244 e. The number of hydrogen-bond donors (Lipinski definition) is 1. The molecule has 1 aliphatic heterocycles. The van der Waals surface area contributed by atoms with E-state index in [0.29, 0.717) is 32.1 Å². The molecule has 1 N–H and O–H groups in total. The van der Waals surface area contributed by atoms with Gasteiger partial charge in [0.15, 0.2) is 0 Å². The highest BCUT2D eigenvalue weighted by Crippen LogP contribution is 2.21. The molecule has 8 nitrogen and oxygen atoms in total. The molecule has 3 rings (SSSR count). The van der Waals surface area contributed by atoms with Crippen molar-refractivity contribution in [1.29, 1.82) is 0 Å². The van der Waals surface area contributed by atoms with Crippen LogP contribution in [0.1, 0.15) is 12.6 Å². The normalized spacial score (nSPS) is 15.9. The van der Waals surface area contributed by atoms with E-state index in [-0.39, 0.29) is 10.0 Å². The summed E-state index contributed by atoms with van der Waals surface area (Å²) in [4.78, 5) is 15.0. The fraction of sp³-hybridized carbons (Fsp3) is 0.438. The third-order valence-electron chi connectivity index (χ3n) is 4.06. The van der Waals surface area contributed by atoms with Crippen LogP contribution in [0.3, 0.4) is 0 Å². The summed E-state index contributed by atoms with van der Waals surface area (Å²) in [5, 5.41) is 3.45. The van der Waals surface area contributed by atoms with E-state index in [4.69, 9.17) is 11.6 Å². The summed E-state index contributed by atoms with van der Waals surface area (Å²) in [7, 11) is -3.58. The Labute approximate surface area is 158 Å². The molecule has 0 aromatic carbocycles.